The van der Waals surface area contributed by atoms with Gasteiger partial charge in [-0.3, -0.25) is 9.59 Å². The number of nitrogens with two attached hydrogens (primary N) is 1. The van der Waals surface area contributed by atoms with Gasteiger partial charge in [-0.1, -0.05) is 30.3 Å². The fraction of sp³-hybridized carbons (Fsp3) is 0.312. The van der Waals surface area contributed by atoms with Crippen LogP contribution in [0.1, 0.15) is 28.3 Å². The van der Waals surface area contributed by atoms with Crippen LogP contribution in [0, 0.1) is 6.92 Å². The summed E-state index contributed by atoms with van der Waals surface area (Å²) < 4.78 is 0. The fourth-order valence-electron chi connectivity index (χ4n) is 2.41. The highest BCUT2D eigenvalue weighted by atomic mass is 32.1. The van der Waals surface area contributed by atoms with Crippen LogP contribution in [0.2, 0.25) is 0 Å². The molecule has 0 atom stereocenters. The fourth-order valence-corrected chi connectivity index (χ4v) is 3.33. The number of aryl methyl sites for hydroxylation is 1. The molecule has 0 radical (unpaired) electrons. The van der Waals surface area contributed by atoms with E-state index in [1.807, 2.05) is 37.3 Å². The second kappa shape index (κ2) is 5.88. The lowest BCUT2D eigenvalue weighted by molar-refractivity contribution is -0.118. The molecule has 1 aliphatic carbocycles. The molecular formula is C16H17N3O2S. The number of thiazole rings is 1. The summed E-state index contributed by atoms with van der Waals surface area (Å²) in [5.74, 6) is -0.696. The molecule has 5 nitrogen and oxygen atoms in total. The number of aromatic nitrogens is 1. The first-order chi connectivity index (χ1) is 10.6. The number of hydrogen-bond donors (Lipinski definition) is 1. The van der Waals surface area contributed by atoms with E-state index in [4.69, 9.17) is 5.73 Å². The maximum absolute atomic E-state index is 12.8. The van der Waals surface area contributed by atoms with Crippen LogP contribution in [0.3, 0.4) is 0 Å². The van der Waals surface area contributed by atoms with Gasteiger partial charge in [0.1, 0.15) is 5.69 Å². The summed E-state index contributed by atoms with van der Waals surface area (Å²) in [6.45, 7) is 1.83. The minimum absolute atomic E-state index is 0.0473. The smallest absolute Gasteiger partial charge is 0.274 e. The Balaban J connectivity index is 1.97. The van der Waals surface area contributed by atoms with E-state index in [0.717, 1.165) is 28.3 Å². The number of carbonyl (C=O) groups excluding carboxylic acids is 2. The van der Waals surface area contributed by atoms with E-state index in [1.165, 1.54) is 11.3 Å². The SMILES string of the molecule is Cc1nc(C(=O)N(CC(N)=O)C2CC2)c(-c2ccccc2)s1. The maximum atomic E-state index is 12.8. The normalized spacial score (nSPS) is 13.9. The molecule has 22 heavy (non-hydrogen) atoms. The van der Waals surface area contributed by atoms with E-state index < -0.39 is 5.91 Å². The molecule has 0 saturated heterocycles. The van der Waals surface area contributed by atoms with Gasteiger partial charge in [-0.2, -0.15) is 0 Å². The summed E-state index contributed by atoms with van der Waals surface area (Å²) in [6.07, 6.45) is 1.84. The molecule has 1 heterocycles. The molecule has 0 bridgehead atoms. The summed E-state index contributed by atoms with van der Waals surface area (Å²) in [6, 6.07) is 9.83. The molecule has 2 aromatic rings. The van der Waals surface area contributed by atoms with Crippen molar-refractivity contribution in [2.75, 3.05) is 6.54 Å². The Morgan fingerprint density at radius 3 is 2.59 bits per heavy atom. The van der Waals surface area contributed by atoms with E-state index in [-0.39, 0.29) is 18.5 Å². The number of carbonyl (C=O) groups is 2. The first kappa shape index (κ1) is 14.7. The Kier molecular flexibility index (Phi) is 3.94. The summed E-state index contributed by atoms with van der Waals surface area (Å²) in [5.41, 5.74) is 6.66. The number of benzene rings is 1. The van der Waals surface area contributed by atoms with E-state index in [2.05, 4.69) is 4.98 Å². The zero-order chi connectivity index (χ0) is 15.7. The van der Waals surface area contributed by atoms with Gasteiger partial charge < -0.3 is 10.6 Å². The van der Waals surface area contributed by atoms with Gasteiger partial charge in [0.05, 0.1) is 16.4 Å². The first-order valence-corrected chi connectivity index (χ1v) is 8.00. The molecule has 1 aliphatic rings. The van der Waals surface area contributed by atoms with Crippen molar-refractivity contribution in [1.82, 2.24) is 9.88 Å². The predicted molar refractivity (Wildman–Crippen MR) is 85.5 cm³/mol. The highest BCUT2D eigenvalue weighted by Gasteiger charge is 2.36. The summed E-state index contributed by atoms with van der Waals surface area (Å²) in [5, 5.41) is 0.831. The zero-order valence-corrected chi connectivity index (χ0v) is 13.1. The molecule has 2 amide bonds. The topological polar surface area (TPSA) is 76.3 Å². The lowest BCUT2D eigenvalue weighted by atomic mass is 10.1. The van der Waals surface area contributed by atoms with E-state index in [1.54, 1.807) is 4.90 Å². The average Bonchev–Trinajstić information content (AvgIpc) is 3.27. The molecule has 1 saturated carbocycles. The highest BCUT2D eigenvalue weighted by Crippen LogP contribution is 2.33. The molecule has 114 valence electrons. The van der Waals surface area contributed by atoms with Gasteiger partial charge in [-0.15, -0.1) is 11.3 Å². The van der Waals surface area contributed by atoms with Crippen molar-refractivity contribution in [1.29, 1.82) is 0 Å². The van der Waals surface area contributed by atoms with Gasteiger partial charge in [0.2, 0.25) is 5.91 Å². The Morgan fingerprint density at radius 1 is 1.32 bits per heavy atom. The Hall–Kier alpha value is -2.21. The second-order valence-corrected chi connectivity index (χ2v) is 6.61. The van der Waals surface area contributed by atoms with Crippen molar-refractivity contribution < 1.29 is 9.59 Å². The Bertz CT molecular complexity index is 707. The Morgan fingerprint density at radius 2 is 2.00 bits per heavy atom. The van der Waals surface area contributed by atoms with Crippen molar-refractivity contribution in [3.05, 3.63) is 41.0 Å². The van der Waals surface area contributed by atoms with Crippen molar-refractivity contribution in [2.24, 2.45) is 5.73 Å². The van der Waals surface area contributed by atoms with E-state index >= 15 is 0 Å². The van der Waals surface area contributed by atoms with Gasteiger partial charge in [0, 0.05) is 6.04 Å². The summed E-state index contributed by atoms with van der Waals surface area (Å²) in [7, 11) is 0. The predicted octanol–water partition coefficient (Wildman–Crippen LogP) is 2.21. The van der Waals surface area contributed by atoms with Gasteiger partial charge in [0.15, 0.2) is 0 Å². The van der Waals surface area contributed by atoms with Gasteiger partial charge in [-0.05, 0) is 25.3 Å². The molecular weight excluding hydrogens is 298 g/mol. The summed E-state index contributed by atoms with van der Waals surface area (Å²) in [4.78, 5) is 30.9. The Labute approximate surface area is 132 Å². The van der Waals surface area contributed by atoms with Crippen molar-refractivity contribution in [3.63, 3.8) is 0 Å². The van der Waals surface area contributed by atoms with Crippen molar-refractivity contribution in [3.8, 4) is 10.4 Å². The van der Waals surface area contributed by atoms with E-state index in [0.29, 0.717) is 5.69 Å². The van der Waals surface area contributed by atoms with Crippen LogP contribution >= 0.6 is 11.3 Å². The molecule has 6 heteroatoms. The number of nitrogens with zero attached hydrogens (tertiary/aromatic N) is 2. The minimum atomic E-state index is -0.492. The number of hydrogen-bond acceptors (Lipinski definition) is 4. The average molecular weight is 315 g/mol. The standard InChI is InChI=1S/C16H17N3O2S/c1-10-18-14(15(22-10)11-5-3-2-4-6-11)16(21)19(9-13(17)20)12-7-8-12/h2-6,12H,7-9H2,1H3,(H2,17,20). The molecule has 3 rings (SSSR count). The van der Waals surface area contributed by atoms with Crippen molar-refractivity contribution in [2.45, 2.75) is 25.8 Å². The second-order valence-electron chi connectivity index (χ2n) is 5.41. The molecule has 2 N–H and O–H groups in total. The largest absolute Gasteiger partial charge is 0.368 e. The monoisotopic (exact) mass is 315 g/mol. The molecule has 0 aliphatic heterocycles. The lowest BCUT2D eigenvalue weighted by Crippen LogP contribution is -2.40. The maximum Gasteiger partial charge on any atom is 0.274 e. The molecule has 1 aromatic heterocycles. The van der Waals surface area contributed by atoms with E-state index in [9.17, 15) is 9.59 Å². The molecule has 0 unspecified atom stereocenters. The summed E-state index contributed by atoms with van der Waals surface area (Å²) >= 11 is 1.49. The third-order valence-corrected chi connectivity index (χ3v) is 4.57. The molecule has 1 aromatic carbocycles. The lowest BCUT2D eigenvalue weighted by Gasteiger charge is -2.20. The van der Waals surface area contributed by atoms with Crippen LogP contribution in [-0.4, -0.2) is 34.3 Å². The van der Waals surface area contributed by atoms with Crippen LogP contribution in [0.15, 0.2) is 30.3 Å². The van der Waals surface area contributed by atoms with Crippen LogP contribution < -0.4 is 5.73 Å². The van der Waals surface area contributed by atoms with Crippen LogP contribution in [0.4, 0.5) is 0 Å². The van der Waals surface area contributed by atoms with Crippen LogP contribution in [-0.2, 0) is 4.79 Å². The minimum Gasteiger partial charge on any atom is -0.368 e. The van der Waals surface area contributed by atoms with Gasteiger partial charge in [0.25, 0.3) is 5.91 Å². The first-order valence-electron chi connectivity index (χ1n) is 7.18. The van der Waals surface area contributed by atoms with Gasteiger partial charge >= 0.3 is 0 Å². The van der Waals surface area contributed by atoms with Crippen LogP contribution in [0.5, 0.6) is 0 Å². The third kappa shape index (κ3) is 3.01. The zero-order valence-electron chi connectivity index (χ0n) is 12.3. The van der Waals surface area contributed by atoms with Crippen LogP contribution in [0.25, 0.3) is 10.4 Å². The highest BCUT2D eigenvalue weighted by molar-refractivity contribution is 7.15. The molecule has 0 spiro atoms. The number of amides is 2. The quantitative estimate of drug-likeness (QED) is 0.919. The third-order valence-electron chi connectivity index (χ3n) is 3.55. The number of primary amides is 1. The van der Waals surface area contributed by atoms with Crippen molar-refractivity contribution >= 4 is 23.2 Å². The molecule has 1 fully saturated rings. The number of rotatable bonds is 5. The van der Waals surface area contributed by atoms with Gasteiger partial charge in [-0.25, -0.2) is 4.98 Å².